The number of aromatic hydroxyl groups is 1. The molecule has 0 saturated heterocycles. The Hall–Kier alpha value is -3.86. The second-order valence-electron chi connectivity index (χ2n) is 7.77. The van der Waals surface area contributed by atoms with Gasteiger partial charge in [-0.25, -0.2) is 14.2 Å². The largest absolute Gasteiger partial charge is 0.493 e. The predicted molar refractivity (Wildman–Crippen MR) is 132 cm³/mol. The monoisotopic (exact) mass is 512 g/mol. The number of nitrogens with zero attached hydrogens (tertiary/aromatic N) is 3. The normalized spacial score (nSPS) is 11.5. The maximum atomic E-state index is 12.6. The van der Waals surface area contributed by atoms with Crippen LogP contribution in [0.25, 0.3) is 16.7 Å². The van der Waals surface area contributed by atoms with Gasteiger partial charge in [-0.3, -0.25) is 14.8 Å². The van der Waals surface area contributed by atoms with E-state index >= 15 is 0 Å². The van der Waals surface area contributed by atoms with Gasteiger partial charge in [-0.15, -0.1) is 0 Å². The van der Waals surface area contributed by atoms with Gasteiger partial charge in [0.15, 0.2) is 0 Å². The first-order valence-corrected chi connectivity index (χ1v) is 10.7. The topological polar surface area (TPSA) is 139 Å². The van der Waals surface area contributed by atoms with Crippen molar-refractivity contribution in [1.29, 1.82) is 0 Å². The van der Waals surface area contributed by atoms with Gasteiger partial charge in [0.2, 0.25) is 5.88 Å². The van der Waals surface area contributed by atoms with E-state index < -0.39 is 17.1 Å². The summed E-state index contributed by atoms with van der Waals surface area (Å²) in [6.07, 6.45) is 1.20. The van der Waals surface area contributed by atoms with Gasteiger partial charge >= 0.3 is 11.4 Å². The SMILES string of the molecule is Cc1c(Br)ccc(-n2c(O)c(C=Nc3cc4[nH]c(=O)[nH]c4cc3N(C)C)c(=O)[nH]c2=O)c1C. The molecule has 0 saturated carbocycles. The second-order valence-corrected chi connectivity index (χ2v) is 8.62. The minimum atomic E-state index is -0.772. The van der Waals surface area contributed by atoms with E-state index in [1.54, 1.807) is 29.2 Å². The molecule has 170 valence electrons. The van der Waals surface area contributed by atoms with Crippen LogP contribution in [-0.4, -0.2) is 44.9 Å². The summed E-state index contributed by atoms with van der Waals surface area (Å²) in [6.45, 7) is 3.69. The van der Waals surface area contributed by atoms with Crippen LogP contribution in [0.1, 0.15) is 16.7 Å². The number of nitrogens with one attached hydrogen (secondary N) is 3. The third kappa shape index (κ3) is 3.91. The Labute approximate surface area is 195 Å². The van der Waals surface area contributed by atoms with Gasteiger partial charge in [0, 0.05) is 24.8 Å². The summed E-state index contributed by atoms with van der Waals surface area (Å²) < 4.78 is 1.90. The molecule has 0 fully saturated rings. The molecule has 4 rings (SSSR count). The van der Waals surface area contributed by atoms with Crippen LogP contribution in [0, 0.1) is 13.8 Å². The zero-order chi connectivity index (χ0) is 24.0. The van der Waals surface area contributed by atoms with Crippen LogP contribution in [0.4, 0.5) is 11.4 Å². The zero-order valence-electron chi connectivity index (χ0n) is 18.3. The number of fused-ring (bicyclic) bond motifs is 1. The molecule has 0 aliphatic rings. The summed E-state index contributed by atoms with van der Waals surface area (Å²) in [7, 11) is 3.63. The van der Waals surface area contributed by atoms with Crippen LogP contribution in [-0.2, 0) is 0 Å². The summed E-state index contributed by atoms with van der Waals surface area (Å²) in [5.74, 6) is -0.528. The predicted octanol–water partition coefficient (Wildman–Crippen LogP) is 2.60. The maximum Gasteiger partial charge on any atom is 0.335 e. The molecular weight excluding hydrogens is 492 g/mol. The highest BCUT2D eigenvalue weighted by atomic mass is 79.9. The maximum absolute atomic E-state index is 12.6. The van der Waals surface area contributed by atoms with Crippen LogP contribution in [0.3, 0.4) is 0 Å². The number of anilines is 1. The molecule has 4 N–H and O–H groups in total. The molecule has 33 heavy (non-hydrogen) atoms. The Morgan fingerprint density at radius 1 is 1.03 bits per heavy atom. The number of aliphatic imine (C=N–C) groups is 1. The fourth-order valence-corrected chi connectivity index (χ4v) is 3.98. The lowest BCUT2D eigenvalue weighted by atomic mass is 10.1. The van der Waals surface area contributed by atoms with Crippen molar-refractivity contribution < 1.29 is 5.11 Å². The van der Waals surface area contributed by atoms with E-state index in [-0.39, 0.29) is 11.3 Å². The number of benzene rings is 2. The molecule has 2 aromatic carbocycles. The van der Waals surface area contributed by atoms with Crippen molar-refractivity contribution >= 4 is 44.6 Å². The molecule has 0 radical (unpaired) electrons. The fourth-order valence-electron chi connectivity index (χ4n) is 3.55. The lowest BCUT2D eigenvalue weighted by molar-refractivity contribution is 0.430. The quantitative estimate of drug-likeness (QED) is 0.311. The van der Waals surface area contributed by atoms with Crippen LogP contribution in [0.15, 0.2) is 48.1 Å². The molecule has 11 heteroatoms. The molecule has 4 aromatic rings. The number of halogens is 1. The number of hydrogen-bond acceptors (Lipinski definition) is 6. The fraction of sp³-hybridized carbons (Fsp3) is 0.182. The first-order chi connectivity index (χ1) is 15.6. The first kappa shape index (κ1) is 22.3. The van der Waals surface area contributed by atoms with E-state index in [1.807, 2.05) is 27.9 Å². The highest BCUT2D eigenvalue weighted by molar-refractivity contribution is 9.10. The molecule has 0 amide bonds. The summed E-state index contributed by atoms with van der Waals surface area (Å²) in [5.41, 5.74) is 2.31. The number of aromatic nitrogens is 4. The molecule has 0 atom stereocenters. The van der Waals surface area contributed by atoms with Gasteiger partial charge in [-0.05, 0) is 49.2 Å². The molecule has 0 spiro atoms. The van der Waals surface area contributed by atoms with E-state index in [0.717, 1.165) is 20.2 Å². The van der Waals surface area contributed by atoms with Crippen molar-refractivity contribution in [1.82, 2.24) is 19.5 Å². The number of aromatic amines is 3. The second kappa shape index (κ2) is 8.24. The molecule has 2 aromatic heterocycles. The lowest BCUT2D eigenvalue weighted by Crippen LogP contribution is -2.31. The Morgan fingerprint density at radius 3 is 2.36 bits per heavy atom. The zero-order valence-corrected chi connectivity index (χ0v) is 19.9. The van der Waals surface area contributed by atoms with Crippen molar-refractivity contribution in [3.05, 3.63) is 76.8 Å². The van der Waals surface area contributed by atoms with Crippen LogP contribution < -0.4 is 21.8 Å². The third-order valence-electron chi connectivity index (χ3n) is 5.48. The Kier molecular flexibility index (Phi) is 5.58. The molecule has 0 unspecified atom stereocenters. The molecule has 2 heterocycles. The van der Waals surface area contributed by atoms with Crippen molar-refractivity contribution in [3.8, 4) is 11.6 Å². The lowest BCUT2D eigenvalue weighted by Gasteiger charge is -2.16. The summed E-state index contributed by atoms with van der Waals surface area (Å²) in [5, 5.41) is 10.9. The van der Waals surface area contributed by atoms with E-state index in [4.69, 9.17) is 0 Å². The smallest absolute Gasteiger partial charge is 0.335 e. The Bertz CT molecular complexity index is 1610. The highest BCUT2D eigenvalue weighted by Crippen LogP contribution is 2.31. The Morgan fingerprint density at radius 2 is 1.70 bits per heavy atom. The van der Waals surface area contributed by atoms with Crippen molar-refractivity contribution in [3.63, 3.8) is 0 Å². The average molecular weight is 513 g/mol. The third-order valence-corrected chi connectivity index (χ3v) is 6.34. The highest BCUT2D eigenvalue weighted by Gasteiger charge is 2.17. The van der Waals surface area contributed by atoms with Gasteiger partial charge in [-0.2, -0.15) is 0 Å². The standard InChI is InChI=1S/C22H21BrN6O4/c1-10-11(2)17(6-5-13(10)23)29-20(31)12(19(30)27-22(29)33)9-24-16-7-14-15(26-21(32)25-14)8-18(16)28(3)4/h5-9,31H,1-4H3,(H2,25,26,32)(H,27,30,33). The Balaban J connectivity index is 1.90. The van der Waals surface area contributed by atoms with Gasteiger partial charge in [0.1, 0.15) is 5.56 Å². The van der Waals surface area contributed by atoms with Gasteiger partial charge < -0.3 is 20.0 Å². The molecule has 0 bridgehead atoms. The van der Waals surface area contributed by atoms with Gasteiger partial charge in [0.05, 0.1) is 28.1 Å². The van der Waals surface area contributed by atoms with Crippen LogP contribution in [0.5, 0.6) is 5.88 Å². The number of rotatable bonds is 4. The summed E-state index contributed by atoms with van der Waals surface area (Å²) in [4.78, 5) is 50.5. The van der Waals surface area contributed by atoms with E-state index in [9.17, 15) is 19.5 Å². The van der Waals surface area contributed by atoms with Crippen molar-refractivity contribution in [2.75, 3.05) is 19.0 Å². The molecular formula is C22H21BrN6O4. The van der Waals surface area contributed by atoms with E-state index in [2.05, 4.69) is 35.9 Å². The number of H-pyrrole nitrogens is 3. The molecule has 0 aliphatic heterocycles. The molecule has 10 nitrogen and oxygen atoms in total. The van der Waals surface area contributed by atoms with Gasteiger partial charge in [-0.1, -0.05) is 15.9 Å². The van der Waals surface area contributed by atoms with Crippen LogP contribution >= 0.6 is 15.9 Å². The summed E-state index contributed by atoms with van der Waals surface area (Å²) >= 11 is 3.45. The number of hydrogen-bond donors (Lipinski definition) is 4. The van der Waals surface area contributed by atoms with Gasteiger partial charge in [0.25, 0.3) is 5.56 Å². The molecule has 0 aliphatic carbocycles. The van der Waals surface area contributed by atoms with E-state index in [0.29, 0.717) is 28.1 Å². The first-order valence-electron chi connectivity index (χ1n) is 9.90. The summed E-state index contributed by atoms with van der Waals surface area (Å²) in [6, 6.07) is 6.84. The average Bonchev–Trinajstić information content (AvgIpc) is 3.11. The van der Waals surface area contributed by atoms with E-state index in [1.165, 1.54) is 6.21 Å². The minimum Gasteiger partial charge on any atom is -0.493 e. The number of imidazole rings is 1. The van der Waals surface area contributed by atoms with Crippen LogP contribution in [0.2, 0.25) is 0 Å². The van der Waals surface area contributed by atoms with Crippen molar-refractivity contribution in [2.45, 2.75) is 13.8 Å². The van der Waals surface area contributed by atoms with Crippen molar-refractivity contribution in [2.24, 2.45) is 4.99 Å². The minimum absolute atomic E-state index is 0.179.